The van der Waals surface area contributed by atoms with Crippen molar-refractivity contribution in [1.82, 2.24) is 5.32 Å². The minimum absolute atomic E-state index is 1.10. The first-order chi connectivity index (χ1) is 6.74. The maximum Gasteiger partial charge on any atom is -0.000825 e. The average molecular weight is 191 g/mol. The van der Waals surface area contributed by atoms with Crippen molar-refractivity contribution in [3.8, 4) is 0 Å². The molecule has 78 valence electrons. The van der Waals surface area contributed by atoms with E-state index < -0.39 is 0 Å². The van der Waals surface area contributed by atoms with Crippen LogP contribution in [0.15, 0.2) is 18.2 Å². The van der Waals surface area contributed by atoms with E-state index >= 15 is 0 Å². The van der Waals surface area contributed by atoms with Gasteiger partial charge >= 0.3 is 0 Å². The molecule has 0 bridgehead atoms. The lowest BCUT2D eigenvalue weighted by Crippen LogP contribution is -2.18. The molecule has 0 amide bonds. The van der Waals surface area contributed by atoms with Gasteiger partial charge in [0.1, 0.15) is 0 Å². The normalized spacial score (nSPS) is 10.5. The van der Waals surface area contributed by atoms with Gasteiger partial charge < -0.3 is 5.32 Å². The third-order valence-corrected chi connectivity index (χ3v) is 2.50. The number of nitrogens with one attached hydrogen (secondary N) is 1. The number of hydrogen-bond acceptors (Lipinski definition) is 1. The van der Waals surface area contributed by atoms with Crippen molar-refractivity contribution >= 4 is 0 Å². The standard InChI is InChI=1S/C13H21N/c1-4-8-14-9-7-13-10-11(2)5-6-12(13)3/h5-6,10,14H,4,7-9H2,1-3H3. The summed E-state index contributed by atoms with van der Waals surface area (Å²) in [4.78, 5) is 0. The molecule has 1 aromatic rings. The summed E-state index contributed by atoms with van der Waals surface area (Å²) in [6.07, 6.45) is 2.36. The number of aryl methyl sites for hydroxylation is 2. The Morgan fingerprint density at radius 3 is 2.64 bits per heavy atom. The Balaban J connectivity index is 2.45. The molecule has 0 fully saturated rings. The Labute approximate surface area is 87.5 Å². The predicted octanol–water partition coefficient (Wildman–Crippen LogP) is 2.85. The summed E-state index contributed by atoms with van der Waals surface area (Å²) in [5.74, 6) is 0. The van der Waals surface area contributed by atoms with Crippen LogP contribution >= 0.6 is 0 Å². The minimum atomic E-state index is 1.10. The first kappa shape index (κ1) is 11.3. The van der Waals surface area contributed by atoms with Gasteiger partial charge in [-0.1, -0.05) is 30.7 Å². The zero-order valence-corrected chi connectivity index (χ0v) is 9.56. The maximum atomic E-state index is 3.43. The van der Waals surface area contributed by atoms with Crippen LogP contribution in [0.5, 0.6) is 0 Å². The molecule has 1 rings (SSSR count). The third-order valence-electron chi connectivity index (χ3n) is 2.50. The fourth-order valence-electron chi connectivity index (χ4n) is 1.59. The lowest BCUT2D eigenvalue weighted by atomic mass is 10.0. The molecule has 0 spiro atoms. The zero-order valence-electron chi connectivity index (χ0n) is 9.56. The average Bonchev–Trinajstić information content (AvgIpc) is 2.18. The molecule has 0 aliphatic rings. The number of benzene rings is 1. The van der Waals surface area contributed by atoms with Crippen LogP contribution in [0.2, 0.25) is 0 Å². The topological polar surface area (TPSA) is 12.0 Å². The Kier molecular flexibility index (Phi) is 4.68. The summed E-state index contributed by atoms with van der Waals surface area (Å²) in [6.45, 7) is 8.77. The highest BCUT2D eigenvalue weighted by Gasteiger charge is 1.97. The Bertz CT molecular complexity index is 279. The first-order valence-electron chi connectivity index (χ1n) is 5.51. The van der Waals surface area contributed by atoms with Crippen LogP contribution in [0.25, 0.3) is 0 Å². The van der Waals surface area contributed by atoms with E-state index in [2.05, 4.69) is 44.3 Å². The van der Waals surface area contributed by atoms with Gasteiger partial charge in [0, 0.05) is 0 Å². The maximum absolute atomic E-state index is 3.43. The van der Waals surface area contributed by atoms with Crippen LogP contribution < -0.4 is 5.32 Å². The summed E-state index contributed by atoms with van der Waals surface area (Å²) >= 11 is 0. The van der Waals surface area contributed by atoms with E-state index in [4.69, 9.17) is 0 Å². The minimum Gasteiger partial charge on any atom is -0.316 e. The molecule has 0 aromatic heterocycles. The highest BCUT2D eigenvalue weighted by molar-refractivity contribution is 5.30. The van der Waals surface area contributed by atoms with Gasteiger partial charge in [-0.3, -0.25) is 0 Å². The van der Waals surface area contributed by atoms with E-state index in [1.807, 2.05) is 0 Å². The summed E-state index contributed by atoms with van der Waals surface area (Å²) in [7, 11) is 0. The van der Waals surface area contributed by atoms with Crippen LogP contribution in [0.1, 0.15) is 30.0 Å². The van der Waals surface area contributed by atoms with Gasteiger partial charge in [-0.15, -0.1) is 0 Å². The molecule has 0 unspecified atom stereocenters. The van der Waals surface area contributed by atoms with Crippen molar-refractivity contribution < 1.29 is 0 Å². The molecule has 1 heteroatoms. The van der Waals surface area contributed by atoms with E-state index in [9.17, 15) is 0 Å². The van der Waals surface area contributed by atoms with Gasteiger partial charge in [0.25, 0.3) is 0 Å². The van der Waals surface area contributed by atoms with Crippen molar-refractivity contribution in [3.05, 3.63) is 34.9 Å². The van der Waals surface area contributed by atoms with Gasteiger partial charge in [-0.2, -0.15) is 0 Å². The molecule has 1 aromatic carbocycles. The summed E-state index contributed by atoms with van der Waals surface area (Å²) in [5, 5.41) is 3.43. The third kappa shape index (κ3) is 3.51. The fourth-order valence-corrected chi connectivity index (χ4v) is 1.59. The second-order valence-corrected chi connectivity index (χ2v) is 3.93. The fraction of sp³-hybridized carbons (Fsp3) is 0.538. The van der Waals surface area contributed by atoms with Gasteiger partial charge in [-0.05, 0) is 50.9 Å². The van der Waals surface area contributed by atoms with Crippen LogP contribution in [-0.4, -0.2) is 13.1 Å². The highest BCUT2D eigenvalue weighted by Crippen LogP contribution is 2.10. The molecular weight excluding hydrogens is 170 g/mol. The first-order valence-corrected chi connectivity index (χ1v) is 5.51. The molecule has 1 nitrogen and oxygen atoms in total. The van der Waals surface area contributed by atoms with Gasteiger partial charge in [0.15, 0.2) is 0 Å². The number of hydrogen-bond donors (Lipinski definition) is 1. The van der Waals surface area contributed by atoms with Gasteiger partial charge in [0.2, 0.25) is 0 Å². The smallest absolute Gasteiger partial charge is 0.000825 e. The second-order valence-electron chi connectivity index (χ2n) is 3.93. The molecule has 0 saturated carbocycles. The van der Waals surface area contributed by atoms with Gasteiger partial charge in [0.05, 0.1) is 0 Å². The quantitative estimate of drug-likeness (QED) is 0.706. The van der Waals surface area contributed by atoms with E-state index in [0.29, 0.717) is 0 Å². The molecular formula is C13H21N. The van der Waals surface area contributed by atoms with Crippen molar-refractivity contribution in [2.45, 2.75) is 33.6 Å². The highest BCUT2D eigenvalue weighted by atomic mass is 14.8. The van der Waals surface area contributed by atoms with E-state index in [1.54, 1.807) is 0 Å². The number of rotatable bonds is 5. The molecule has 0 saturated heterocycles. The van der Waals surface area contributed by atoms with E-state index in [0.717, 1.165) is 19.5 Å². The van der Waals surface area contributed by atoms with Crippen molar-refractivity contribution in [2.24, 2.45) is 0 Å². The SMILES string of the molecule is CCCNCCc1cc(C)ccc1C. The summed E-state index contributed by atoms with van der Waals surface area (Å²) < 4.78 is 0. The van der Waals surface area contributed by atoms with Crippen LogP contribution in [0, 0.1) is 13.8 Å². The van der Waals surface area contributed by atoms with Gasteiger partial charge in [-0.25, -0.2) is 0 Å². The lowest BCUT2D eigenvalue weighted by molar-refractivity contribution is 0.670. The molecule has 0 atom stereocenters. The monoisotopic (exact) mass is 191 g/mol. The van der Waals surface area contributed by atoms with Crippen molar-refractivity contribution in [1.29, 1.82) is 0 Å². The summed E-state index contributed by atoms with van der Waals surface area (Å²) in [6, 6.07) is 6.69. The van der Waals surface area contributed by atoms with E-state index in [-0.39, 0.29) is 0 Å². The molecule has 0 heterocycles. The van der Waals surface area contributed by atoms with Crippen LogP contribution in [-0.2, 0) is 6.42 Å². The largest absolute Gasteiger partial charge is 0.316 e. The Morgan fingerprint density at radius 1 is 1.14 bits per heavy atom. The molecule has 0 radical (unpaired) electrons. The lowest BCUT2D eigenvalue weighted by Gasteiger charge is -2.07. The zero-order chi connectivity index (χ0) is 10.4. The second kappa shape index (κ2) is 5.82. The van der Waals surface area contributed by atoms with Crippen LogP contribution in [0.3, 0.4) is 0 Å². The predicted molar refractivity (Wildman–Crippen MR) is 62.8 cm³/mol. The molecule has 0 aliphatic carbocycles. The van der Waals surface area contributed by atoms with Crippen molar-refractivity contribution in [3.63, 3.8) is 0 Å². The van der Waals surface area contributed by atoms with Crippen molar-refractivity contribution in [2.75, 3.05) is 13.1 Å². The Morgan fingerprint density at radius 2 is 1.93 bits per heavy atom. The molecule has 1 N–H and O–H groups in total. The molecule has 0 aliphatic heterocycles. The van der Waals surface area contributed by atoms with E-state index in [1.165, 1.54) is 23.1 Å². The summed E-state index contributed by atoms with van der Waals surface area (Å²) in [5.41, 5.74) is 4.25. The Hall–Kier alpha value is -0.820. The molecule has 14 heavy (non-hydrogen) atoms. The van der Waals surface area contributed by atoms with Crippen LogP contribution in [0.4, 0.5) is 0 Å².